The van der Waals surface area contributed by atoms with E-state index in [2.05, 4.69) is 52.0 Å². The molecule has 0 aromatic carbocycles. The first-order valence-corrected chi connectivity index (χ1v) is 10.4. The number of hydrogen-bond acceptors (Lipinski definition) is 2. The molecule has 0 aromatic rings. The van der Waals surface area contributed by atoms with E-state index in [0.29, 0.717) is 0 Å². The van der Waals surface area contributed by atoms with Gasteiger partial charge in [-0.2, -0.15) is 0 Å². The summed E-state index contributed by atoms with van der Waals surface area (Å²) in [5.74, 6) is 0. The fourth-order valence-electron chi connectivity index (χ4n) is 2.85. The number of hydrogen-bond donors (Lipinski definition) is 2. The normalized spacial score (nSPS) is 13.9. The predicted octanol–water partition coefficient (Wildman–Crippen LogP) is 6.82. The molecule has 0 aliphatic rings. The van der Waals surface area contributed by atoms with Crippen LogP contribution in [0.1, 0.15) is 86.0 Å². The average Bonchev–Trinajstić information content (AvgIpc) is 2.60. The van der Waals surface area contributed by atoms with Crippen molar-refractivity contribution < 1.29 is 10.2 Å². The van der Waals surface area contributed by atoms with Crippen LogP contribution < -0.4 is 0 Å². The third-order valence-corrected chi connectivity index (χ3v) is 4.70. The molecule has 0 saturated carbocycles. The third-order valence-electron chi connectivity index (χ3n) is 4.70. The molecule has 0 aliphatic heterocycles. The molecule has 2 nitrogen and oxygen atoms in total. The zero-order valence-electron chi connectivity index (χ0n) is 18.4. The molecule has 0 radical (unpaired) electrons. The zero-order chi connectivity index (χ0) is 20.5. The van der Waals surface area contributed by atoms with E-state index in [1.807, 2.05) is 13.0 Å². The molecule has 154 valence electrons. The first-order valence-electron chi connectivity index (χ1n) is 10.4. The van der Waals surface area contributed by atoms with Crippen LogP contribution >= 0.6 is 0 Å². The van der Waals surface area contributed by atoms with E-state index in [-0.39, 0.29) is 13.2 Å². The fraction of sp³-hybridized carbons (Fsp3) is 0.600. The van der Waals surface area contributed by atoms with E-state index >= 15 is 0 Å². The maximum absolute atomic E-state index is 9.51. The molecule has 0 rings (SSSR count). The Morgan fingerprint density at radius 3 is 1.48 bits per heavy atom. The van der Waals surface area contributed by atoms with Crippen molar-refractivity contribution in [1.29, 1.82) is 0 Å². The molecular weight excluding hydrogens is 332 g/mol. The highest BCUT2D eigenvalue weighted by atomic mass is 16.3. The molecule has 0 amide bonds. The van der Waals surface area contributed by atoms with Gasteiger partial charge in [0.15, 0.2) is 0 Å². The predicted molar refractivity (Wildman–Crippen MR) is 120 cm³/mol. The number of rotatable bonds is 14. The van der Waals surface area contributed by atoms with Gasteiger partial charge in [0.05, 0.1) is 13.2 Å². The molecule has 0 spiro atoms. The second-order valence-corrected chi connectivity index (χ2v) is 7.79. The van der Waals surface area contributed by atoms with Crippen LogP contribution in [0.4, 0.5) is 0 Å². The van der Waals surface area contributed by atoms with Crippen molar-refractivity contribution >= 4 is 0 Å². The molecule has 27 heavy (non-hydrogen) atoms. The largest absolute Gasteiger partial charge is 0.392 e. The summed E-state index contributed by atoms with van der Waals surface area (Å²) in [4.78, 5) is 0. The molecule has 2 heteroatoms. The highest BCUT2D eigenvalue weighted by Gasteiger charge is 1.97. The third kappa shape index (κ3) is 16.5. The zero-order valence-corrected chi connectivity index (χ0v) is 18.4. The summed E-state index contributed by atoms with van der Waals surface area (Å²) in [6, 6.07) is 0. The summed E-state index contributed by atoms with van der Waals surface area (Å²) < 4.78 is 0. The Balaban J connectivity index is 4.17. The van der Waals surface area contributed by atoms with Crippen LogP contribution in [0, 0.1) is 0 Å². The van der Waals surface area contributed by atoms with E-state index in [9.17, 15) is 5.11 Å². The molecule has 0 bridgehead atoms. The molecule has 2 N–H and O–H groups in total. The Hall–Kier alpha value is -1.38. The summed E-state index contributed by atoms with van der Waals surface area (Å²) in [5, 5.41) is 18.4. The molecule has 0 saturated heterocycles. The van der Waals surface area contributed by atoms with Gasteiger partial charge in [-0.1, -0.05) is 52.7 Å². The summed E-state index contributed by atoms with van der Waals surface area (Å²) in [7, 11) is 0. The molecule has 0 unspecified atom stereocenters. The molecule has 0 aliphatic carbocycles. The van der Waals surface area contributed by atoms with Crippen LogP contribution in [0.2, 0.25) is 0 Å². The highest BCUT2D eigenvalue weighted by molar-refractivity contribution is 5.09. The number of allylic oxidation sites excluding steroid dienone is 8. The van der Waals surface area contributed by atoms with Crippen molar-refractivity contribution in [1.82, 2.24) is 0 Å². The monoisotopic (exact) mass is 374 g/mol. The van der Waals surface area contributed by atoms with Gasteiger partial charge in [0.25, 0.3) is 0 Å². The lowest BCUT2D eigenvalue weighted by atomic mass is 10.0. The SMILES string of the molecule is CC(C)=CCC/C(C)=C/CC/C(C)=C\CC/C(=C/CC/C(C)=C/CO)CO. The van der Waals surface area contributed by atoms with E-state index in [4.69, 9.17) is 5.11 Å². The molecular formula is C25H42O2. The van der Waals surface area contributed by atoms with Crippen LogP contribution in [0.3, 0.4) is 0 Å². The Morgan fingerprint density at radius 1 is 0.556 bits per heavy atom. The molecule has 0 aromatic heterocycles. The van der Waals surface area contributed by atoms with Crippen molar-refractivity contribution in [2.45, 2.75) is 86.0 Å². The van der Waals surface area contributed by atoms with E-state index in [1.54, 1.807) is 0 Å². The fourth-order valence-corrected chi connectivity index (χ4v) is 2.85. The standard InChI is InChI=1S/C25H42O2/c1-21(2)10-6-11-22(3)12-7-13-23(4)14-8-16-25(20-27)17-9-15-24(5)18-19-26/h10,12,14,17-18,26-27H,6-9,11,13,15-16,19-20H2,1-5H3/b22-12+,23-14-,24-18+,25-17-. The maximum Gasteiger partial charge on any atom is 0.0641 e. The van der Waals surface area contributed by atoms with Gasteiger partial charge in [0.2, 0.25) is 0 Å². The van der Waals surface area contributed by atoms with Gasteiger partial charge in [0, 0.05) is 0 Å². The van der Waals surface area contributed by atoms with Gasteiger partial charge in [-0.15, -0.1) is 0 Å². The Bertz CT molecular complexity index is 541. The van der Waals surface area contributed by atoms with Gasteiger partial charge in [-0.3, -0.25) is 0 Å². The Kier molecular flexibility index (Phi) is 15.9. The Morgan fingerprint density at radius 2 is 1.00 bits per heavy atom. The summed E-state index contributed by atoms with van der Waals surface area (Å²) in [5.41, 5.74) is 6.63. The van der Waals surface area contributed by atoms with Crippen molar-refractivity contribution in [3.05, 3.63) is 58.2 Å². The van der Waals surface area contributed by atoms with Gasteiger partial charge in [-0.25, -0.2) is 0 Å². The first kappa shape index (κ1) is 25.6. The van der Waals surface area contributed by atoms with Crippen molar-refractivity contribution in [2.24, 2.45) is 0 Å². The molecule has 0 fully saturated rings. The van der Waals surface area contributed by atoms with Gasteiger partial charge < -0.3 is 10.2 Å². The van der Waals surface area contributed by atoms with Crippen molar-refractivity contribution in [3.8, 4) is 0 Å². The molecule has 0 heterocycles. The Labute approximate surface area is 168 Å². The minimum absolute atomic E-state index is 0.108. The highest BCUT2D eigenvalue weighted by Crippen LogP contribution is 2.14. The summed E-state index contributed by atoms with van der Waals surface area (Å²) in [6.45, 7) is 11.0. The van der Waals surface area contributed by atoms with Gasteiger partial charge >= 0.3 is 0 Å². The van der Waals surface area contributed by atoms with E-state index < -0.39 is 0 Å². The topological polar surface area (TPSA) is 40.5 Å². The van der Waals surface area contributed by atoms with E-state index in [1.165, 1.54) is 22.3 Å². The number of aliphatic hydroxyl groups excluding tert-OH is 2. The lowest BCUT2D eigenvalue weighted by Gasteiger charge is -2.05. The summed E-state index contributed by atoms with van der Waals surface area (Å²) >= 11 is 0. The summed E-state index contributed by atoms with van der Waals surface area (Å²) in [6.07, 6.45) is 19.3. The second kappa shape index (κ2) is 16.8. The van der Waals surface area contributed by atoms with Crippen LogP contribution in [0.15, 0.2) is 58.2 Å². The quantitative estimate of drug-likeness (QED) is 0.327. The smallest absolute Gasteiger partial charge is 0.0641 e. The van der Waals surface area contributed by atoms with Crippen LogP contribution in [0.5, 0.6) is 0 Å². The van der Waals surface area contributed by atoms with Gasteiger partial charge in [-0.05, 0) is 91.6 Å². The van der Waals surface area contributed by atoms with Gasteiger partial charge in [0.1, 0.15) is 0 Å². The van der Waals surface area contributed by atoms with E-state index in [0.717, 1.165) is 56.9 Å². The lowest BCUT2D eigenvalue weighted by molar-refractivity contribution is 0.326. The van der Waals surface area contributed by atoms with Crippen molar-refractivity contribution in [3.63, 3.8) is 0 Å². The minimum Gasteiger partial charge on any atom is -0.392 e. The van der Waals surface area contributed by atoms with Crippen LogP contribution in [-0.4, -0.2) is 23.4 Å². The lowest BCUT2D eigenvalue weighted by Crippen LogP contribution is -1.91. The first-order chi connectivity index (χ1) is 12.9. The molecule has 0 atom stereocenters. The van der Waals surface area contributed by atoms with Crippen LogP contribution in [-0.2, 0) is 0 Å². The minimum atomic E-state index is 0.108. The van der Waals surface area contributed by atoms with Crippen LogP contribution in [0.25, 0.3) is 0 Å². The van der Waals surface area contributed by atoms with Crippen molar-refractivity contribution in [2.75, 3.05) is 13.2 Å². The average molecular weight is 375 g/mol. The maximum atomic E-state index is 9.51. The second-order valence-electron chi connectivity index (χ2n) is 7.79. The number of aliphatic hydroxyl groups is 2.